The molecule has 1 heterocycles. The first-order chi connectivity index (χ1) is 10.5. The molecule has 1 aliphatic heterocycles. The fourth-order valence-corrected chi connectivity index (χ4v) is 3.08. The first-order valence-corrected chi connectivity index (χ1v) is 7.55. The molecule has 0 aromatic heterocycles. The summed E-state index contributed by atoms with van der Waals surface area (Å²) in [5, 5.41) is 1.59. The molecule has 6 heteroatoms. The van der Waals surface area contributed by atoms with Gasteiger partial charge >= 0.3 is 5.97 Å². The molecule has 0 bridgehead atoms. The number of halogens is 1. The minimum absolute atomic E-state index is 0.160. The number of ether oxygens (including phenoxy) is 1. The second-order valence-corrected chi connectivity index (χ2v) is 6.10. The van der Waals surface area contributed by atoms with Crippen molar-refractivity contribution in [2.75, 3.05) is 7.11 Å². The molecule has 0 amide bonds. The first-order valence-electron chi connectivity index (χ1n) is 7.17. The van der Waals surface area contributed by atoms with Gasteiger partial charge in [0.15, 0.2) is 5.70 Å². The van der Waals surface area contributed by atoms with Gasteiger partial charge in [0, 0.05) is 11.5 Å². The summed E-state index contributed by atoms with van der Waals surface area (Å²) in [4.78, 5) is 16.9. The standard InChI is InChI=1S/C16H18ClN3O2/c1-16(11-8-9-11)19-13(10-6-4-3-5-7-10)12(17)14(20(16)18)15(21)22-2/h3-7,11H,8-9,18H2,1-2H3. The molecule has 1 saturated carbocycles. The Bertz CT molecular complexity index is 667. The van der Waals surface area contributed by atoms with E-state index in [0.717, 1.165) is 18.4 Å². The normalized spacial score (nSPS) is 25.1. The topological polar surface area (TPSA) is 67.9 Å². The van der Waals surface area contributed by atoms with Crippen molar-refractivity contribution in [3.05, 3.63) is 46.6 Å². The molecule has 2 aliphatic rings. The number of hydrogen-bond donors (Lipinski definition) is 1. The van der Waals surface area contributed by atoms with Crippen LogP contribution in [0, 0.1) is 5.92 Å². The molecule has 1 aromatic carbocycles. The van der Waals surface area contributed by atoms with Crippen LogP contribution in [-0.4, -0.2) is 29.5 Å². The van der Waals surface area contributed by atoms with E-state index < -0.39 is 11.6 Å². The van der Waals surface area contributed by atoms with Crippen molar-refractivity contribution in [2.45, 2.75) is 25.4 Å². The molecule has 2 N–H and O–H groups in total. The van der Waals surface area contributed by atoms with Crippen molar-refractivity contribution in [3.8, 4) is 0 Å². The third-order valence-corrected chi connectivity index (χ3v) is 4.62. The lowest BCUT2D eigenvalue weighted by atomic mass is 9.99. The van der Waals surface area contributed by atoms with E-state index in [1.54, 1.807) is 0 Å². The van der Waals surface area contributed by atoms with Crippen molar-refractivity contribution in [3.63, 3.8) is 0 Å². The zero-order chi connectivity index (χ0) is 15.9. The number of rotatable bonds is 3. The molecule has 1 unspecified atom stereocenters. The summed E-state index contributed by atoms with van der Waals surface area (Å²) in [6, 6.07) is 9.55. The van der Waals surface area contributed by atoms with E-state index in [9.17, 15) is 4.79 Å². The van der Waals surface area contributed by atoms with Gasteiger partial charge in [0.25, 0.3) is 0 Å². The maximum absolute atomic E-state index is 12.2. The predicted octanol–water partition coefficient (Wildman–Crippen LogP) is 2.41. The SMILES string of the molecule is COC(=O)C1=C(Cl)C(c2ccccc2)=NC(C)(C2CC2)N1N. The van der Waals surface area contributed by atoms with Crippen LogP contribution in [-0.2, 0) is 9.53 Å². The van der Waals surface area contributed by atoms with Crippen molar-refractivity contribution in [2.24, 2.45) is 16.8 Å². The minimum atomic E-state index is -0.687. The molecule has 0 radical (unpaired) electrons. The van der Waals surface area contributed by atoms with Crippen molar-refractivity contribution in [1.29, 1.82) is 0 Å². The Labute approximate surface area is 134 Å². The minimum Gasteiger partial charge on any atom is -0.464 e. The molecule has 3 rings (SSSR count). The first kappa shape index (κ1) is 15.1. The summed E-state index contributed by atoms with van der Waals surface area (Å²) < 4.78 is 4.85. The molecular formula is C16H18ClN3O2. The highest BCUT2D eigenvalue weighted by molar-refractivity contribution is 6.48. The van der Waals surface area contributed by atoms with Gasteiger partial charge in [-0.2, -0.15) is 0 Å². The number of hydrazine groups is 1. The van der Waals surface area contributed by atoms with E-state index in [1.165, 1.54) is 12.1 Å². The zero-order valence-electron chi connectivity index (χ0n) is 12.5. The monoisotopic (exact) mass is 319 g/mol. The summed E-state index contributed by atoms with van der Waals surface area (Å²) in [5.41, 5.74) is 0.910. The second-order valence-electron chi connectivity index (χ2n) is 5.72. The van der Waals surface area contributed by atoms with Gasteiger partial charge in [0.2, 0.25) is 0 Å². The van der Waals surface area contributed by atoms with E-state index in [-0.39, 0.29) is 10.7 Å². The van der Waals surface area contributed by atoms with Crippen LogP contribution in [0.4, 0.5) is 0 Å². The summed E-state index contributed by atoms with van der Waals surface area (Å²) in [7, 11) is 1.32. The molecule has 116 valence electrons. The Morgan fingerprint density at radius 1 is 1.41 bits per heavy atom. The maximum atomic E-state index is 12.2. The molecule has 1 atom stereocenters. The molecule has 1 aliphatic carbocycles. The average Bonchev–Trinajstić information content (AvgIpc) is 3.37. The smallest absolute Gasteiger partial charge is 0.357 e. The van der Waals surface area contributed by atoms with Crippen LogP contribution >= 0.6 is 11.6 Å². The summed E-state index contributed by atoms with van der Waals surface area (Å²) in [6.07, 6.45) is 2.06. The number of benzene rings is 1. The number of nitrogens with two attached hydrogens (primary N) is 1. The summed E-state index contributed by atoms with van der Waals surface area (Å²) in [6.45, 7) is 1.93. The van der Waals surface area contributed by atoms with Crippen LogP contribution in [0.1, 0.15) is 25.3 Å². The fourth-order valence-electron chi connectivity index (χ4n) is 2.76. The number of carbonyl (C=O) groups is 1. The Morgan fingerprint density at radius 2 is 2.05 bits per heavy atom. The lowest BCUT2D eigenvalue weighted by Gasteiger charge is -2.41. The molecule has 0 saturated heterocycles. The molecular weight excluding hydrogens is 302 g/mol. The number of hydrogen-bond acceptors (Lipinski definition) is 5. The number of aliphatic imine (C=N–C) groups is 1. The van der Waals surface area contributed by atoms with Gasteiger partial charge in [-0.05, 0) is 19.8 Å². The number of carbonyl (C=O) groups excluding carboxylic acids is 1. The van der Waals surface area contributed by atoms with Crippen LogP contribution in [0.2, 0.25) is 0 Å². The highest BCUT2D eigenvalue weighted by atomic mass is 35.5. The number of methoxy groups -OCH3 is 1. The summed E-state index contributed by atoms with van der Waals surface area (Å²) >= 11 is 6.43. The van der Waals surface area contributed by atoms with Crippen LogP contribution in [0.3, 0.4) is 0 Å². The third-order valence-electron chi connectivity index (χ3n) is 4.26. The van der Waals surface area contributed by atoms with Gasteiger partial charge < -0.3 is 4.74 Å². The van der Waals surface area contributed by atoms with Gasteiger partial charge in [-0.1, -0.05) is 41.9 Å². The Hall–Kier alpha value is -1.85. The summed E-state index contributed by atoms with van der Waals surface area (Å²) in [5.74, 6) is 5.94. The van der Waals surface area contributed by atoms with Crippen LogP contribution in [0.5, 0.6) is 0 Å². The van der Waals surface area contributed by atoms with E-state index in [4.69, 9.17) is 27.2 Å². The number of allylic oxidation sites excluding steroid dienone is 1. The highest BCUT2D eigenvalue weighted by Crippen LogP contribution is 2.47. The Kier molecular flexibility index (Phi) is 3.70. The average molecular weight is 320 g/mol. The Balaban J connectivity index is 2.16. The van der Waals surface area contributed by atoms with Crippen molar-refractivity contribution < 1.29 is 9.53 Å². The van der Waals surface area contributed by atoms with Crippen LogP contribution in [0.15, 0.2) is 46.1 Å². The third kappa shape index (κ3) is 2.30. The molecule has 0 spiro atoms. The van der Waals surface area contributed by atoms with Crippen molar-refractivity contribution >= 4 is 23.3 Å². The maximum Gasteiger partial charge on any atom is 0.357 e. The highest BCUT2D eigenvalue weighted by Gasteiger charge is 2.50. The van der Waals surface area contributed by atoms with E-state index >= 15 is 0 Å². The van der Waals surface area contributed by atoms with E-state index in [0.29, 0.717) is 11.6 Å². The second kappa shape index (κ2) is 5.41. The molecule has 22 heavy (non-hydrogen) atoms. The molecule has 1 aromatic rings. The molecule has 5 nitrogen and oxygen atoms in total. The van der Waals surface area contributed by atoms with Gasteiger partial charge in [0.1, 0.15) is 5.66 Å². The fraction of sp³-hybridized carbons (Fsp3) is 0.375. The van der Waals surface area contributed by atoms with E-state index in [2.05, 4.69) is 0 Å². The van der Waals surface area contributed by atoms with Gasteiger partial charge in [0.05, 0.1) is 17.9 Å². The zero-order valence-corrected chi connectivity index (χ0v) is 13.3. The lowest BCUT2D eigenvalue weighted by molar-refractivity contribution is -0.139. The Morgan fingerprint density at radius 3 is 2.59 bits per heavy atom. The molecule has 1 fully saturated rings. The van der Waals surface area contributed by atoms with E-state index in [1.807, 2.05) is 37.3 Å². The lowest BCUT2D eigenvalue weighted by Crippen LogP contribution is -2.55. The van der Waals surface area contributed by atoms with Gasteiger partial charge in [-0.25, -0.2) is 10.6 Å². The quantitative estimate of drug-likeness (QED) is 0.686. The van der Waals surface area contributed by atoms with Gasteiger partial charge in [-0.3, -0.25) is 10.0 Å². The van der Waals surface area contributed by atoms with Crippen molar-refractivity contribution in [1.82, 2.24) is 5.01 Å². The van der Waals surface area contributed by atoms with Crippen LogP contribution < -0.4 is 5.84 Å². The van der Waals surface area contributed by atoms with Gasteiger partial charge in [-0.15, -0.1) is 0 Å². The van der Waals surface area contributed by atoms with Crippen LogP contribution in [0.25, 0.3) is 0 Å². The largest absolute Gasteiger partial charge is 0.464 e. The number of nitrogens with zero attached hydrogens (tertiary/aromatic N) is 2. The predicted molar refractivity (Wildman–Crippen MR) is 85.0 cm³/mol. The number of esters is 1.